The molecule has 0 radical (unpaired) electrons. The predicted octanol–water partition coefficient (Wildman–Crippen LogP) is 3.34. The van der Waals surface area contributed by atoms with Crippen molar-refractivity contribution in [3.05, 3.63) is 48.0 Å². The van der Waals surface area contributed by atoms with Gasteiger partial charge in [-0.25, -0.2) is 4.79 Å². The van der Waals surface area contributed by atoms with E-state index in [4.69, 9.17) is 9.47 Å². The maximum atomic E-state index is 10.2. The molecule has 0 N–H and O–H groups in total. The normalized spacial score (nSPS) is 12.0. The van der Waals surface area contributed by atoms with E-state index in [1.54, 1.807) is 18.2 Å². The molecule has 1 aliphatic rings. The second-order valence-corrected chi connectivity index (χ2v) is 3.83. The van der Waals surface area contributed by atoms with Crippen molar-refractivity contribution in [1.82, 2.24) is 0 Å². The van der Waals surface area contributed by atoms with Crippen molar-refractivity contribution in [2.75, 3.05) is 0 Å². The summed E-state index contributed by atoms with van der Waals surface area (Å²) in [5, 5.41) is 0. The first-order valence-electron chi connectivity index (χ1n) is 5.47. The van der Waals surface area contributed by atoms with Gasteiger partial charge < -0.3 is 9.47 Å². The number of isocyanates is 1. The number of fused-ring (bicyclic) bond motifs is 2. The summed E-state index contributed by atoms with van der Waals surface area (Å²) in [6, 6.07) is 12.7. The molecule has 18 heavy (non-hydrogen) atoms. The van der Waals surface area contributed by atoms with Gasteiger partial charge in [-0.15, -0.1) is 0 Å². The Labute approximate surface area is 103 Å². The SMILES string of the molecule is O=C=Nc1ccc2c(c1)COc1ccccc1O2. The molecule has 4 heteroatoms. The van der Waals surface area contributed by atoms with E-state index in [0.29, 0.717) is 29.5 Å². The molecular formula is C14H9NO3. The quantitative estimate of drug-likeness (QED) is 0.566. The molecule has 0 bridgehead atoms. The van der Waals surface area contributed by atoms with E-state index in [1.165, 1.54) is 6.08 Å². The third kappa shape index (κ3) is 1.85. The highest BCUT2D eigenvalue weighted by atomic mass is 16.5. The Hall–Kier alpha value is -2.58. The summed E-state index contributed by atoms with van der Waals surface area (Å²) in [5.41, 5.74) is 1.39. The zero-order valence-electron chi connectivity index (χ0n) is 9.42. The van der Waals surface area contributed by atoms with Gasteiger partial charge in [-0.1, -0.05) is 12.1 Å². The van der Waals surface area contributed by atoms with Crippen LogP contribution in [0.15, 0.2) is 47.5 Å². The smallest absolute Gasteiger partial charge is 0.240 e. The van der Waals surface area contributed by atoms with Gasteiger partial charge >= 0.3 is 0 Å². The fourth-order valence-electron chi connectivity index (χ4n) is 1.83. The molecule has 3 rings (SSSR count). The molecule has 88 valence electrons. The van der Waals surface area contributed by atoms with Crippen molar-refractivity contribution in [3.8, 4) is 17.2 Å². The molecule has 0 atom stereocenters. The van der Waals surface area contributed by atoms with Gasteiger partial charge in [0, 0.05) is 5.56 Å². The van der Waals surface area contributed by atoms with Crippen molar-refractivity contribution in [2.45, 2.75) is 6.61 Å². The van der Waals surface area contributed by atoms with Crippen LogP contribution in [-0.2, 0) is 11.4 Å². The number of nitrogens with zero attached hydrogens (tertiary/aromatic N) is 1. The van der Waals surface area contributed by atoms with Gasteiger partial charge in [-0.3, -0.25) is 0 Å². The molecule has 0 aliphatic carbocycles. The first-order chi connectivity index (χ1) is 8.86. The number of hydrogen-bond acceptors (Lipinski definition) is 4. The average Bonchev–Trinajstić information content (AvgIpc) is 2.58. The van der Waals surface area contributed by atoms with Crippen LogP contribution in [0, 0.1) is 0 Å². The number of aliphatic imine (C=N–C) groups is 1. The van der Waals surface area contributed by atoms with Gasteiger partial charge in [0.25, 0.3) is 0 Å². The van der Waals surface area contributed by atoms with Crippen LogP contribution in [0.2, 0.25) is 0 Å². The number of ether oxygens (including phenoxy) is 2. The maximum absolute atomic E-state index is 10.2. The molecule has 2 aromatic carbocycles. The van der Waals surface area contributed by atoms with E-state index in [1.807, 2.05) is 24.3 Å². The molecule has 0 unspecified atom stereocenters. The van der Waals surface area contributed by atoms with E-state index < -0.39 is 0 Å². The van der Waals surface area contributed by atoms with Crippen LogP contribution in [0.3, 0.4) is 0 Å². The highest BCUT2D eigenvalue weighted by Crippen LogP contribution is 2.38. The fourth-order valence-corrected chi connectivity index (χ4v) is 1.83. The average molecular weight is 239 g/mol. The van der Waals surface area contributed by atoms with Gasteiger partial charge in [0.2, 0.25) is 6.08 Å². The third-order valence-electron chi connectivity index (χ3n) is 2.67. The van der Waals surface area contributed by atoms with E-state index in [2.05, 4.69) is 4.99 Å². The Kier molecular flexibility index (Phi) is 2.56. The predicted molar refractivity (Wildman–Crippen MR) is 65.1 cm³/mol. The summed E-state index contributed by atoms with van der Waals surface area (Å²) < 4.78 is 11.4. The molecule has 1 aliphatic heterocycles. The zero-order chi connectivity index (χ0) is 12.4. The standard InChI is InChI=1S/C14H9NO3/c16-9-15-11-5-6-12-10(7-11)8-17-13-3-1-2-4-14(13)18-12/h1-7H,8H2. The Morgan fingerprint density at radius 3 is 2.72 bits per heavy atom. The summed E-state index contributed by atoms with van der Waals surface area (Å²) in [7, 11) is 0. The van der Waals surface area contributed by atoms with Gasteiger partial charge in [-0.2, -0.15) is 4.99 Å². The topological polar surface area (TPSA) is 47.9 Å². The van der Waals surface area contributed by atoms with Crippen molar-refractivity contribution >= 4 is 11.8 Å². The van der Waals surface area contributed by atoms with Gasteiger partial charge in [0.1, 0.15) is 12.4 Å². The van der Waals surface area contributed by atoms with E-state index in [9.17, 15) is 4.79 Å². The molecular weight excluding hydrogens is 230 g/mol. The summed E-state index contributed by atoms with van der Waals surface area (Å²) in [5.74, 6) is 2.10. The lowest BCUT2D eigenvalue weighted by atomic mass is 10.2. The van der Waals surface area contributed by atoms with Crippen LogP contribution < -0.4 is 9.47 Å². The molecule has 0 aromatic heterocycles. The number of carbonyl (C=O) groups excluding carboxylic acids is 1. The molecule has 0 spiro atoms. The second-order valence-electron chi connectivity index (χ2n) is 3.83. The van der Waals surface area contributed by atoms with Gasteiger partial charge in [0.05, 0.1) is 5.69 Å². The third-order valence-corrected chi connectivity index (χ3v) is 2.67. The van der Waals surface area contributed by atoms with Crippen LogP contribution >= 0.6 is 0 Å². The minimum atomic E-state index is 0.383. The van der Waals surface area contributed by atoms with Crippen molar-refractivity contribution in [2.24, 2.45) is 4.99 Å². The maximum Gasteiger partial charge on any atom is 0.240 e. The second kappa shape index (κ2) is 4.35. The molecule has 0 fully saturated rings. The lowest BCUT2D eigenvalue weighted by Crippen LogP contribution is -1.92. The minimum absolute atomic E-state index is 0.383. The lowest BCUT2D eigenvalue weighted by molar-refractivity contribution is 0.307. The van der Waals surface area contributed by atoms with Gasteiger partial charge in [-0.05, 0) is 30.3 Å². The van der Waals surface area contributed by atoms with Crippen LogP contribution in [0.1, 0.15) is 5.56 Å². The number of rotatable bonds is 1. The van der Waals surface area contributed by atoms with Crippen molar-refractivity contribution in [1.29, 1.82) is 0 Å². The van der Waals surface area contributed by atoms with E-state index >= 15 is 0 Å². The first-order valence-corrected chi connectivity index (χ1v) is 5.47. The molecule has 4 nitrogen and oxygen atoms in total. The Morgan fingerprint density at radius 2 is 1.89 bits per heavy atom. The molecule has 2 aromatic rings. The first kappa shape index (κ1) is 10.6. The summed E-state index contributed by atoms with van der Waals surface area (Å²) in [6.45, 7) is 0.383. The fraction of sp³-hybridized carbons (Fsp3) is 0.0714. The zero-order valence-corrected chi connectivity index (χ0v) is 9.42. The molecule has 0 amide bonds. The Balaban J connectivity index is 2.04. The van der Waals surface area contributed by atoms with Crippen LogP contribution in [0.5, 0.6) is 17.2 Å². The van der Waals surface area contributed by atoms with Crippen LogP contribution in [0.4, 0.5) is 5.69 Å². The van der Waals surface area contributed by atoms with E-state index in [0.717, 1.165) is 5.56 Å². The van der Waals surface area contributed by atoms with Crippen LogP contribution in [0.25, 0.3) is 0 Å². The molecule has 0 saturated heterocycles. The van der Waals surface area contributed by atoms with Crippen molar-refractivity contribution in [3.63, 3.8) is 0 Å². The minimum Gasteiger partial charge on any atom is -0.485 e. The Morgan fingerprint density at radius 1 is 1.06 bits per heavy atom. The van der Waals surface area contributed by atoms with E-state index in [-0.39, 0.29) is 0 Å². The van der Waals surface area contributed by atoms with Crippen LogP contribution in [-0.4, -0.2) is 6.08 Å². The van der Waals surface area contributed by atoms with Crippen molar-refractivity contribution < 1.29 is 14.3 Å². The summed E-state index contributed by atoms with van der Waals surface area (Å²) in [4.78, 5) is 13.8. The summed E-state index contributed by atoms with van der Waals surface area (Å²) >= 11 is 0. The Bertz CT molecular complexity index is 645. The monoisotopic (exact) mass is 239 g/mol. The molecule has 1 heterocycles. The van der Waals surface area contributed by atoms with Gasteiger partial charge in [0.15, 0.2) is 11.5 Å². The highest BCUT2D eigenvalue weighted by molar-refractivity contribution is 5.55. The lowest BCUT2D eigenvalue weighted by Gasteiger charge is -2.06. The number of hydrogen-bond donors (Lipinski definition) is 0. The highest BCUT2D eigenvalue weighted by Gasteiger charge is 2.15. The largest absolute Gasteiger partial charge is 0.485 e. The number of benzene rings is 2. The number of para-hydroxylation sites is 2. The molecule has 0 saturated carbocycles. The summed E-state index contributed by atoms with van der Waals surface area (Å²) in [6.07, 6.45) is 1.52.